The summed E-state index contributed by atoms with van der Waals surface area (Å²) < 4.78 is 6.09. The molecule has 1 atom stereocenters. The zero-order chi connectivity index (χ0) is 13.9. The fourth-order valence-corrected chi connectivity index (χ4v) is 2.67. The number of hydrazone groups is 1. The van der Waals surface area contributed by atoms with Crippen molar-refractivity contribution in [1.29, 1.82) is 0 Å². The molecule has 1 aromatic rings. The quantitative estimate of drug-likeness (QED) is 0.900. The summed E-state index contributed by atoms with van der Waals surface area (Å²) in [6, 6.07) is 8.21. The number of nitrogens with zero attached hydrogens (tertiary/aromatic N) is 2. The number of benzene rings is 1. The number of hydrogen-bond acceptors (Lipinski definition) is 4. The van der Waals surface area contributed by atoms with E-state index in [0.717, 1.165) is 43.9 Å². The summed E-state index contributed by atoms with van der Waals surface area (Å²) in [5, 5.41) is 10.4. The van der Waals surface area contributed by atoms with E-state index >= 15 is 0 Å². The molecule has 2 aliphatic heterocycles. The van der Waals surface area contributed by atoms with E-state index in [-0.39, 0.29) is 6.10 Å². The SMILES string of the molecule is CC(C)C1CN(N=C2CCNCC2)c2ccccc2O1. The van der Waals surface area contributed by atoms with E-state index in [4.69, 9.17) is 9.84 Å². The maximum Gasteiger partial charge on any atom is 0.145 e. The molecule has 0 radical (unpaired) electrons. The third kappa shape index (κ3) is 2.80. The van der Waals surface area contributed by atoms with Crippen molar-refractivity contribution in [2.75, 3.05) is 24.6 Å². The summed E-state index contributed by atoms with van der Waals surface area (Å²) in [6.07, 6.45) is 2.30. The molecule has 0 amide bonds. The highest BCUT2D eigenvalue weighted by atomic mass is 16.5. The average Bonchev–Trinajstić information content (AvgIpc) is 2.48. The molecule has 0 bridgehead atoms. The Labute approximate surface area is 120 Å². The molecule has 0 spiro atoms. The van der Waals surface area contributed by atoms with Crippen LogP contribution in [0.1, 0.15) is 26.7 Å². The van der Waals surface area contributed by atoms with Gasteiger partial charge in [-0.1, -0.05) is 26.0 Å². The number of fused-ring (bicyclic) bond motifs is 1. The first-order valence-corrected chi connectivity index (χ1v) is 7.54. The molecule has 1 saturated heterocycles. The molecular formula is C16H23N3O. The van der Waals surface area contributed by atoms with Crippen LogP contribution in [0.4, 0.5) is 5.69 Å². The number of rotatable bonds is 2. The van der Waals surface area contributed by atoms with Crippen LogP contribution in [0.5, 0.6) is 5.75 Å². The normalized spacial score (nSPS) is 22.4. The van der Waals surface area contributed by atoms with Gasteiger partial charge in [0.2, 0.25) is 0 Å². The van der Waals surface area contributed by atoms with E-state index in [9.17, 15) is 0 Å². The second kappa shape index (κ2) is 5.83. The van der Waals surface area contributed by atoms with Gasteiger partial charge in [-0.3, -0.25) is 5.01 Å². The Morgan fingerprint density at radius 1 is 1.25 bits per heavy atom. The van der Waals surface area contributed by atoms with Gasteiger partial charge in [0.05, 0.1) is 6.54 Å². The first-order chi connectivity index (χ1) is 9.74. The summed E-state index contributed by atoms with van der Waals surface area (Å²) in [7, 11) is 0. The van der Waals surface area contributed by atoms with Crippen LogP contribution in [0.2, 0.25) is 0 Å². The molecule has 2 aliphatic rings. The molecule has 108 valence electrons. The minimum Gasteiger partial charge on any atom is -0.486 e. The lowest BCUT2D eigenvalue weighted by molar-refractivity contribution is 0.146. The Bertz CT molecular complexity index is 490. The van der Waals surface area contributed by atoms with Gasteiger partial charge in [-0.25, -0.2) is 0 Å². The van der Waals surface area contributed by atoms with E-state index < -0.39 is 0 Å². The zero-order valence-electron chi connectivity index (χ0n) is 12.3. The largest absolute Gasteiger partial charge is 0.486 e. The van der Waals surface area contributed by atoms with Gasteiger partial charge in [-0.15, -0.1) is 0 Å². The van der Waals surface area contributed by atoms with Gasteiger partial charge in [0.1, 0.15) is 17.5 Å². The number of ether oxygens (including phenoxy) is 1. The first kappa shape index (κ1) is 13.4. The van der Waals surface area contributed by atoms with Crippen LogP contribution >= 0.6 is 0 Å². The third-order valence-corrected chi connectivity index (χ3v) is 3.96. The van der Waals surface area contributed by atoms with Gasteiger partial charge < -0.3 is 10.1 Å². The molecular weight excluding hydrogens is 250 g/mol. The predicted molar refractivity (Wildman–Crippen MR) is 82.6 cm³/mol. The second-order valence-electron chi connectivity index (χ2n) is 5.87. The second-order valence-corrected chi connectivity index (χ2v) is 5.87. The van der Waals surface area contributed by atoms with E-state index in [1.807, 2.05) is 18.2 Å². The fraction of sp³-hybridized carbons (Fsp3) is 0.562. The summed E-state index contributed by atoms with van der Waals surface area (Å²) in [6.45, 7) is 7.32. The lowest BCUT2D eigenvalue weighted by Gasteiger charge is -2.35. The monoisotopic (exact) mass is 273 g/mol. The molecule has 1 N–H and O–H groups in total. The van der Waals surface area contributed by atoms with E-state index in [0.29, 0.717) is 5.92 Å². The minimum atomic E-state index is 0.205. The third-order valence-electron chi connectivity index (χ3n) is 3.96. The van der Waals surface area contributed by atoms with Gasteiger partial charge in [0, 0.05) is 31.6 Å². The maximum absolute atomic E-state index is 6.09. The van der Waals surface area contributed by atoms with Gasteiger partial charge in [0.15, 0.2) is 0 Å². The molecule has 4 nitrogen and oxygen atoms in total. The van der Waals surface area contributed by atoms with Gasteiger partial charge in [0.25, 0.3) is 0 Å². The number of anilines is 1. The van der Waals surface area contributed by atoms with Crippen LogP contribution in [0.3, 0.4) is 0 Å². The number of para-hydroxylation sites is 2. The van der Waals surface area contributed by atoms with Crippen molar-refractivity contribution in [3.05, 3.63) is 24.3 Å². The van der Waals surface area contributed by atoms with Crippen LogP contribution in [-0.2, 0) is 0 Å². The number of piperidine rings is 1. The highest BCUT2D eigenvalue weighted by Gasteiger charge is 2.27. The van der Waals surface area contributed by atoms with E-state index in [1.54, 1.807) is 0 Å². The Kier molecular flexibility index (Phi) is 3.92. The van der Waals surface area contributed by atoms with Gasteiger partial charge in [-0.05, 0) is 18.1 Å². The van der Waals surface area contributed by atoms with Crippen LogP contribution in [0.25, 0.3) is 0 Å². The fourth-order valence-electron chi connectivity index (χ4n) is 2.67. The molecule has 4 heteroatoms. The van der Waals surface area contributed by atoms with Crippen molar-refractivity contribution in [3.8, 4) is 5.75 Å². The number of nitrogens with one attached hydrogen (secondary N) is 1. The zero-order valence-corrected chi connectivity index (χ0v) is 12.3. The Morgan fingerprint density at radius 3 is 2.75 bits per heavy atom. The summed E-state index contributed by atoms with van der Waals surface area (Å²) in [5.41, 5.74) is 2.39. The molecule has 0 aromatic heterocycles. The van der Waals surface area contributed by atoms with E-state index in [2.05, 4.69) is 30.2 Å². The van der Waals surface area contributed by atoms with Crippen LogP contribution in [0.15, 0.2) is 29.4 Å². The lowest BCUT2D eigenvalue weighted by atomic mass is 10.1. The van der Waals surface area contributed by atoms with Gasteiger partial charge >= 0.3 is 0 Å². The van der Waals surface area contributed by atoms with Crippen molar-refractivity contribution >= 4 is 11.4 Å². The predicted octanol–water partition coefficient (Wildman–Crippen LogP) is 2.65. The maximum atomic E-state index is 6.09. The van der Waals surface area contributed by atoms with Crippen molar-refractivity contribution in [1.82, 2.24) is 5.32 Å². The molecule has 3 rings (SSSR count). The van der Waals surface area contributed by atoms with Crippen molar-refractivity contribution < 1.29 is 4.74 Å². The topological polar surface area (TPSA) is 36.9 Å². The standard InChI is InChI=1S/C16H23N3O/c1-12(2)16-11-19(18-13-7-9-17-10-8-13)14-5-3-4-6-15(14)20-16/h3-6,12,16-17H,7-11H2,1-2H3. The Morgan fingerprint density at radius 2 is 2.00 bits per heavy atom. The summed E-state index contributed by atoms with van der Waals surface area (Å²) in [4.78, 5) is 0. The molecule has 2 heterocycles. The molecule has 1 unspecified atom stereocenters. The molecule has 20 heavy (non-hydrogen) atoms. The minimum absolute atomic E-state index is 0.205. The van der Waals surface area contributed by atoms with E-state index in [1.165, 1.54) is 5.71 Å². The Hall–Kier alpha value is -1.55. The smallest absolute Gasteiger partial charge is 0.145 e. The van der Waals surface area contributed by atoms with Crippen molar-refractivity contribution in [2.24, 2.45) is 11.0 Å². The summed E-state index contributed by atoms with van der Waals surface area (Å²) in [5.74, 6) is 1.44. The molecule has 0 saturated carbocycles. The van der Waals surface area contributed by atoms with Crippen LogP contribution in [0, 0.1) is 5.92 Å². The Balaban J connectivity index is 1.88. The molecule has 1 aromatic carbocycles. The average molecular weight is 273 g/mol. The van der Waals surface area contributed by atoms with Gasteiger partial charge in [-0.2, -0.15) is 5.10 Å². The highest BCUT2D eigenvalue weighted by molar-refractivity contribution is 5.86. The highest BCUT2D eigenvalue weighted by Crippen LogP contribution is 2.35. The van der Waals surface area contributed by atoms with Crippen LogP contribution < -0.4 is 15.1 Å². The molecule has 0 aliphatic carbocycles. The van der Waals surface area contributed by atoms with Crippen molar-refractivity contribution in [2.45, 2.75) is 32.8 Å². The number of hydrogen-bond donors (Lipinski definition) is 1. The molecule has 1 fully saturated rings. The summed E-state index contributed by atoms with van der Waals surface area (Å²) >= 11 is 0. The van der Waals surface area contributed by atoms with Crippen LogP contribution in [-0.4, -0.2) is 31.4 Å². The lowest BCUT2D eigenvalue weighted by Crippen LogP contribution is -2.41. The van der Waals surface area contributed by atoms with Crippen molar-refractivity contribution in [3.63, 3.8) is 0 Å². The first-order valence-electron chi connectivity index (χ1n) is 7.54.